The molecule has 0 aliphatic carbocycles. The van der Waals surface area contributed by atoms with Crippen LogP contribution >= 0.6 is 27.5 Å². The fraction of sp³-hybridized carbons (Fsp3) is 0.364. The van der Waals surface area contributed by atoms with Crippen LogP contribution < -0.4 is 4.74 Å². The molecule has 0 saturated heterocycles. The fourth-order valence-electron chi connectivity index (χ4n) is 1.37. The van der Waals surface area contributed by atoms with Gasteiger partial charge >= 0.3 is 12.6 Å². The third-order valence-electron chi connectivity index (χ3n) is 2.10. The highest BCUT2D eigenvalue weighted by Crippen LogP contribution is 2.33. The number of rotatable bonds is 5. The first kappa shape index (κ1) is 15.2. The minimum atomic E-state index is -3.01. The quantitative estimate of drug-likeness (QED) is 0.606. The molecule has 0 fully saturated rings. The van der Waals surface area contributed by atoms with E-state index in [4.69, 9.17) is 11.6 Å². The minimum Gasteiger partial charge on any atom is -0.469 e. The Morgan fingerprint density at radius 1 is 1.50 bits per heavy atom. The number of hydrogen-bond acceptors (Lipinski definition) is 3. The van der Waals surface area contributed by atoms with Crippen molar-refractivity contribution in [2.24, 2.45) is 0 Å². The zero-order valence-electron chi connectivity index (χ0n) is 9.38. The summed E-state index contributed by atoms with van der Waals surface area (Å²) in [7, 11) is 1.21. The van der Waals surface area contributed by atoms with Crippen LogP contribution in [0.2, 0.25) is 5.02 Å². The molecule has 0 aromatic heterocycles. The molecule has 0 bridgehead atoms. The summed E-state index contributed by atoms with van der Waals surface area (Å²) in [5.74, 6) is -0.751. The minimum absolute atomic E-state index is 0.0335. The summed E-state index contributed by atoms with van der Waals surface area (Å²) in [5.41, 5.74) is 1.02. The van der Waals surface area contributed by atoms with Crippen molar-refractivity contribution in [3.63, 3.8) is 0 Å². The van der Waals surface area contributed by atoms with Gasteiger partial charge in [0, 0.05) is 10.9 Å². The van der Waals surface area contributed by atoms with Gasteiger partial charge in [-0.05, 0) is 11.6 Å². The van der Waals surface area contributed by atoms with E-state index >= 15 is 0 Å². The number of alkyl halides is 3. The van der Waals surface area contributed by atoms with Gasteiger partial charge in [0.2, 0.25) is 0 Å². The van der Waals surface area contributed by atoms with Gasteiger partial charge in [-0.1, -0.05) is 33.6 Å². The standard InChI is InChI=1S/C11H10BrClF2O3/c1-17-9(16)4-7-2-6(5-12)3-8(13)10(7)18-11(14)15/h2-3,11H,4-5H2,1H3. The van der Waals surface area contributed by atoms with Crippen molar-refractivity contribution in [3.8, 4) is 5.75 Å². The first-order chi connectivity index (χ1) is 8.47. The zero-order valence-corrected chi connectivity index (χ0v) is 11.7. The lowest BCUT2D eigenvalue weighted by Gasteiger charge is -2.13. The van der Waals surface area contributed by atoms with Crippen molar-refractivity contribution in [1.82, 2.24) is 0 Å². The Morgan fingerprint density at radius 2 is 2.17 bits per heavy atom. The van der Waals surface area contributed by atoms with Crippen molar-refractivity contribution in [2.45, 2.75) is 18.4 Å². The van der Waals surface area contributed by atoms with Crippen molar-refractivity contribution >= 4 is 33.5 Å². The summed E-state index contributed by atoms with van der Waals surface area (Å²) in [5, 5.41) is 0.515. The SMILES string of the molecule is COC(=O)Cc1cc(CBr)cc(Cl)c1OC(F)F. The molecule has 0 saturated carbocycles. The Bertz CT molecular complexity index is 441. The average Bonchev–Trinajstić information content (AvgIpc) is 2.32. The third kappa shape index (κ3) is 4.10. The normalized spacial score (nSPS) is 10.6. The van der Waals surface area contributed by atoms with Crippen LogP contribution in [0, 0.1) is 0 Å². The Labute approximate surface area is 116 Å². The lowest BCUT2D eigenvalue weighted by molar-refractivity contribution is -0.139. The van der Waals surface area contributed by atoms with Gasteiger partial charge in [0.1, 0.15) is 5.75 Å². The number of benzene rings is 1. The summed E-state index contributed by atoms with van der Waals surface area (Å²) in [4.78, 5) is 11.2. The van der Waals surface area contributed by atoms with Crippen LogP contribution in [0.15, 0.2) is 12.1 Å². The molecule has 7 heteroatoms. The van der Waals surface area contributed by atoms with Gasteiger partial charge < -0.3 is 9.47 Å². The number of methoxy groups -OCH3 is 1. The molecule has 0 unspecified atom stereocenters. The van der Waals surface area contributed by atoms with Crippen LogP contribution in [-0.2, 0) is 21.3 Å². The Morgan fingerprint density at radius 3 is 2.67 bits per heavy atom. The molecule has 0 spiro atoms. The highest BCUT2D eigenvalue weighted by molar-refractivity contribution is 9.08. The second kappa shape index (κ2) is 6.89. The molecule has 0 aliphatic rings. The molecule has 0 radical (unpaired) electrons. The van der Waals surface area contributed by atoms with Gasteiger partial charge in [0.15, 0.2) is 0 Å². The summed E-state index contributed by atoms with van der Waals surface area (Å²) in [6.45, 7) is -3.01. The van der Waals surface area contributed by atoms with E-state index in [1.165, 1.54) is 13.2 Å². The summed E-state index contributed by atoms with van der Waals surface area (Å²) < 4.78 is 33.4. The van der Waals surface area contributed by atoms with Crippen LogP contribution in [0.3, 0.4) is 0 Å². The molecule has 18 heavy (non-hydrogen) atoms. The maximum absolute atomic E-state index is 12.3. The summed E-state index contributed by atoms with van der Waals surface area (Å²) in [6, 6.07) is 3.06. The van der Waals surface area contributed by atoms with Gasteiger partial charge in [-0.15, -0.1) is 0 Å². The van der Waals surface area contributed by atoms with Gasteiger partial charge in [-0.3, -0.25) is 4.79 Å². The number of hydrogen-bond donors (Lipinski definition) is 0. The molecule has 1 rings (SSSR count). The smallest absolute Gasteiger partial charge is 0.387 e. The van der Waals surface area contributed by atoms with Crippen molar-refractivity contribution in [2.75, 3.05) is 7.11 Å². The van der Waals surface area contributed by atoms with Crippen molar-refractivity contribution in [3.05, 3.63) is 28.3 Å². The maximum Gasteiger partial charge on any atom is 0.387 e. The van der Waals surface area contributed by atoms with E-state index in [0.29, 0.717) is 5.33 Å². The van der Waals surface area contributed by atoms with E-state index in [-0.39, 0.29) is 22.8 Å². The summed E-state index contributed by atoms with van der Waals surface area (Å²) >= 11 is 9.07. The molecule has 0 amide bonds. The lowest BCUT2D eigenvalue weighted by Crippen LogP contribution is -2.10. The fourth-order valence-corrected chi connectivity index (χ4v) is 2.00. The predicted octanol–water partition coefficient (Wildman–Crippen LogP) is 3.55. The monoisotopic (exact) mass is 342 g/mol. The van der Waals surface area contributed by atoms with E-state index in [9.17, 15) is 13.6 Å². The van der Waals surface area contributed by atoms with Crippen LogP contribution in [-0.4, -0.2) is 19.7 Å². The topological polar surface area (TPSA) is 35.5 Å². The van der Waals surface area contributed by atoms with E-state index < -0.39 is 12.6 Å². The molecule has 0 atom stereocenters. The van der Waals surface area contributed by atoms with Crippen LogP contribution in [0.25, 0.3) is 0 Å². The molecular weight excluding hydrogens is 333 g/mol. The van der Waals surface area contributed by atoms with Gasteiger partial charge in [0.25, 0.3) is 0 Å². The first-order valence-corrected chi connectivity index (χ1v) is 6.36. The number of esters is 1. The molecule has 1 aromatic carbocycles. The second-order valence-electron chi connectivity index (χ2n) is 3.33. The summed E-state index contributed by atoms with van der Waals surface area (Å²) in [6.07, 6.45) is -0.181. The first-order valence-electron chi connectivity index (χ1n) is 4.86. The molecule has 1 aromatic rings. The van der Waals surface area contributed by atoms with Crippen molar-refractivity contribution < 1.29 is 23.0 Å². The van der Waals surface area contributed by atoms with Gasteiger partial charge in [-0.2, -0.15) is 8.78 Å². The lowest BCUT2D eigenvalue weighted by atomic mass is 10.1. The predicted molar refractivity (Wildman–Crippen MR) is 66.4 cm³/mol. The third-order valence-corrected chi connectivity index (χ3v) is 3.03. The van der Waals surface area contributed by atoms with Gasteiger partial charge in [-0.25, -0.2) is 0 Å². The second-order valence-corrected chi connectivity index (χ2v) is 4.30. The highest BCUT2D eigenvalue weighted by Gasteiger charge is 2.17. The number of carbonyl (C=O) groups excluding carboxylic acids is 1. The largest absolute Gasteiger partial charge is 0.469 e. The van der Waals surface area contributed by atoms with Crippen molar-refractivity contribution in [1.29, 1.82) is 0 Å². The Hall–Kier alpha value is -0.880. The van der Waals surface area contributed by atoms with E-state index in [0.717, 1.165) is 5.56 Å². The average molecular weight is 344 g/mol. The Kier molecular flexibility index (Phi) is 5.81. The number of ether oxygens (including phenoxy) is 2. The highest BCUT2D eigenvalue weighted by atomic mass is 79.9. The molecule has 0 aliphatic heterocycles. The molecule has 0 N–H and O–H groups in total. The Balaban J connectivity index is 3.15. The van der Waals surface area contributed by atoms with Crippen LogP contribution in [0.1, 0.15) is 11.1 Å². The number of carbonyl (C=O) groups is 1. The van der Waals surface area contributed by atoms with Crippen LogP contribution in [0.5, 0.6) is 5.75 Å². The molecule has 0 heterocycles. The molecule has 100 valence electrons. The van der Waals surface area contributed by atoms with Gasteiger partial charge in [0.05, 0.1) is 18.6 Å². The van der Waals surface area contributed by atoms with E-state index in [2.05, 4.69) is 25.4 Å². The zero-order chi connectivity index (χ0) is 13.7. The molecular formula is C11H10BrClF2O3. The maximum atomic E-state index is 12.3. The van der Waals surface area contributed by atoms with E-state index in [1.807, 2.05) is 0 Å². The van der Waals surface area contributed by atoms with Crippen LogP contribution in [0.4, 0.5) is 8.78 Å². The molecule has 3 nitrogen and oxygen atoms in total. The van der Waals surface area contributed by atoms with E-state index in [1.54, 1.807) is 6.07 Å². The number of halogens is 4.